The van der Waals surface area contributed by atoms with Crippen LogP contribution in [-0.2, 0) is 9.59 Å². The number of aryl methyl sites for hydroxylation is 1. The predicted molar refractivity (Wildman–Crippen MR) is 127 cm³/mol. The van der Waals surface area contributed by atoms with Crippen molar-refractivity contribution in [2.45, 2.75) is 33.1 Å². The Labute approximate surface area is 197 Å². The highest BCUT2D eigenvalue weighted by Crippen LogP contribution is 2.40. The topological polar surface area (TPSA) is 122 Å². The summed E-state index contributed by atoms with van der Waals surface area (Å²) in [6.07, 6.45) is 2.44. The SMILES string of the molecule is Cc1ccccc1NC(=O)c1cc([N+](=O)[O-])ccc1NCCN1C(=O)[C@H]2C[C@H](C)CC[C@H]2C1=O. The van der Waals surface area contributed by atoms with Crippen LogP contribution in [0.5, 0.6) is 0 Å². The molecular weight excluding hydrogens is 436 g/mol. The highest BCUT2D eigenvalue weighted by Gasteiger charge is 2.49. The molecule has 1 saturated carbocycles. The number of imide groups is 1. The smallest absolute Gasteiger partial charge is 0.270 e. The van der Waals surface area contributed by atoms with Gasteiger partial charge in [0.15, 0.2) is 0 Å². The Morgan fingerprint density at radius 3 is 2.56 bits per heavy atom. The van der Waals surface area contributed by atoms with Gasteiger partial charge in [0.2, 0.25) is 11.8 Å². The molecule has 9 nitrogen and oxygen atoms in total. The van der Waals surface area contributed by atoms with E-state index in [1.165, 1.54) is 23.1 Å². The Kier molecular flexibility index (Phi) is 6.63. The maximum atomic E-state index is 13.0. The highest BCUT2D eigenvalue weighted by atomic mass is 16.6. The molecule has 1 aliphatic heterocycles. The molecule has 178 valence electrons. The Morgan fingerprint density at radius 1 is 1.09 bits per heavy atom. The Hall–Kier alpha value is -3.75. The Morgan fingerprint density at radius 2 is 1.82 bits per heavy atom. The van der Waals surface area contributed by atoms with Crippen LogP contribution in [0.1, 0.15) is 42.1 Å². The van der Waals surface area contributed by atoms with Crippen molar-refractivity contribution in [1.29, 1.82) is 0 Å². The number of carbonyl (C=O) groups is 3. The summed E-state index contributed by atoms with van der Waals surface area (Å²) in [7, 11) is 0. The molecule has 3 atom stereocenters. The van der Waals surface area contributed by atoms with Crippen LogP contribution >= 0.6 is 0 Å². The van der Waals surface area contributed by atoms with Gasteiger partial charge in [0.1, 0.15) is 0 Å². The third-order valence-electron chi connectivity index (χ3n) is 6.78. The summed E-state index contributed by atoms with van der Waals surface area (Å²) in [5.41, 5.74) is 1.76. The highest BCUT2D eigenvalue weighted by molar-refractivity contribution is 6.09. The first-order valence-electron chi connectivity index (χ1n) is 11.5. The van der Waals surface area contributed by atoms with Gasteiger partial charge in [-0.1, -0.05) is 25.1 Å². The fourth-order valence-electron chi connectivity index (χ4n) is 4.87. The average molecular weight is 465 g/mol. The first-order valence-corrected chi connectivity index (χ1v) is 11.5. The molecule has 1 aliphatic carbocycles. The van der Waals surface area contributed by atoms with Crippen LogP contribution in [0, 0.1) is 34.8 Å². The molecule has 34 heavy (non-hydrogen) atoms. The number of nitro groups is 1. The zero-order chi connectivity index (χ0) is 24.4. The molecule has 0 bridgehead atoms. The van der Waals surface area contributed by atoms with E-state index >= 15 is 0 Å². The summed E-state index contributed by atoms with van der Waals surface area (Å²) in [5.74, 6) is -0.751. The van der Waals surface area contributed by atoms with Gasteiger partial charge in [-0.3, -0.25) is 29.4 Å². The van der Waals surface area contributed by atoms with E-state index in [-0.39, 0.29) is 48.0 Å². The molecule has 9 heteroatoms. The van der Waals surface area contributed by atoms with E-state index in [1.54, 1.807) is 12.1 Å². The number of benzene rings is 2. The van der Waals surface area contributed by atoms with Gasteiger partial charge in [-0.2, -0.15) is 0 Å². The zero-order valence-electron chi connectivity index (χ0n) is 19.2. The number of likely N-dealkylation sites (tertiary alicyclic amines) is 1. The lowest BCUT2D eigenvalue weighted by molar-refractivity contribution is -0.384. The standard InChI is InChI=1S/C25H28N4O5/c1-15-7-9-18-19(13-15)25(32)28(24(18)31)12-11-26-22-10-8-17(29(33)34)14-20(22)23(30)27-21-6-4-3-5-16(21)2/h3-6,8,10,14-15,18-19,26H,7,9,11-13H2,1-2H3,(H,27,30)/t15-,18-,19+/m1/s1. The third-order valence-corrected chi connectivity index (χ3v) is 6.78. The molecule has 0 radical (unpaired) electrons. The van der Waals surface area contributed by atoms with Crippen molar-refractivity contribution in [2.75, 3.05) is 23.7 Å². The molecule has 2 aromatic carbocycles. The number of nitrogens with zero attached hydrogens (tertiary/aromatic N) is 2. The van der Waals surface area contributed by atoms with Crippen molar-refractivity contribution in [3.05, 3.63) is 63.7 Å². The van der Waals surface area contributed by atoms with Gasteiger partial charge in [0.25, 0.3) is 11.6 Å². The average Bonchev–Trinajstić information content (AvgIpc) is 3.04. The van der Waals surface area contributed by atoms with Crippen LogP contribution in [0.3, 0.4) is 0 Å². The molecule has 1 saturated heterocycles. The summed E-state index contributed by atoms with van der Waals surface area (Å²) in [6.45, 7) is 4.37. The second-order valence-corrected chi connectivity index (χ2v) is 9.14. The largest absolute Gasteiger partial charge is 0.383 e. The molecule has 2 fully saturated rings. The van der Waals surface area contributed by atoms with Crippen LogP contribution < -0.4 is 10.6 Å². The third kappa shape index (κ3) is 4.64. The number of hydrogen-bond donors (Lipinski definition) is 2. The second-order valence-electron chi connectivity index (χ2n) is 9.14. The van der Waals surface area contributed by atoms with Crippen LogP contribution in [0.2, 0.25) is 0 Å². The second kappa shape index (κ2) is 9.62. The lowest BCUT2D eigenvalue weighted by Gasteiger charge is -2.25. The molecule has 0 unspecified atom stereocenters. The number of rotatable bonds is 7. The van der Waals surface area contributed by atoms with Gasteiger partial charge in [-0.25, -0.2) is 0 Å². The van der Waals surface area contributed by atoms with E-state index in [9.17, 15) is 24.5 Å². The van der Waals surface area contributed by atoms with Crippen molar-refractivity contribution in [3.8, 4) is 0 Å². The van der Waals surface area contributed by atoms with E-state index in [0.29, 0.717) is 17.3 Å². The summed E-state index contributed by atoms with van der Waals surface area (Å²) in [4.78, 5) is 50.6. The van der Waals surface area contributed by atoms with Gasteiger partial charge in [0.05, 0.1) is 22.3 Å². The molecule has 0 spiro atoms. The fraction of sp³-hybridized carbons (Fsp3) is 0.400. The zero-order valence-corrected chi connectivity index (χ0v) is 19.2. The molecule has 1 heterocycles. The minimum absolute atomic E-state index is 0.110. The van der Waals surface area contributed by atoms with Crippen molar-refractivity contribution in [2.24, 2.45) is 17.8 Å². The number of nitrogens with one attached hydrogen (secondary N) is 2. The number of nitro benzene ring substituents is 1. The van der Waals surface area contributed by atoms with E-state index in [2.05, 4.69) is 17.6 Å². The van der Waals surface area contributed by atoms with Gasteiger partial charge in [-0.15, -0.1) is 0 Å². The van der Waals surface area contributed by atoms with Crippen LogP contribution in [0.4, 0.5) is 17.1 Å². The van der Waals surface area contributed by atoms with Gasteiger partial charge < -0.3 is 10.6 Å². The number of amides is 3. The summed E-state index contributed by atoms with van der Waals surface area (Å²) in [5, 5.41) is 17.2. The first kappa shape index (κ1) is 23.4. The van der Waals surface area contributed by atoms with E-state index in [0.717, 1.165) is 24.8 Å². The van der Waals surface area contributed by atoms with Crippen molar-refractivity contribution < 1.29 is 19.3 Å². The first-order chi connectivity index (χ1) is 16.3. The number of non-ortho nitro benzene ring substituents is 1. The Balaban J connectivity index is 1.48. The molecule has 0 aromatic heterocycles. The van der Waals surface area contributed by atoms with Crippen LogP contribution in [-0.4, -0.2) is 40.6 Å². The Bertz CT molecular complexity index is 1150. The molecule has 3 amide bonds. The van der Waals surface area contributed by atoms with Crippen molar-refractivity contribution in [1.82, 2.24) is 4.90 Å². The lowest BCUT2D eigenvalue weighted by Crippen LogP contribution is -2.35. The van der Waals surface area contributed by atoms with Gasteiger partial charge in [0, 0.05) is 36.6 Å². The summed E-state index contributed by atoms with van der Waals surface area (Å²) >= 11 is 0. The predicted octanol–water partition coefficient (Wildman–Crippen LogP) is 3.99. The summed E-state index contributed by atoms with van der Waals surface area (Å²) in [6, 6.07) is 11.3. The van der Waals surface area contributed by atoms with E-state index in [1.807, 2.05) is 19.1 Å². The number of hydrogen-bond acceptors (Lipinski definition) is 6. The van der Waals surface area contributed by atoms with Gasteiger partial charge >= 0.3 is 0 Å². The fourth-order valence-corrected chi connectivity index (χ4v) is 4.87. The molecule has 2 aromatic rings. The number of fused-ring (bicyclic) bond motifs is 1. The normalized spacial score (nSPS) is 21.8. The molecule has 2 aliphatic rings. The molecular formula is C25H28N4O5. The van der Waals surface area contributed by atoms with Crippen molar-refractivity contribution >= 4 is 34.8 Å². The van der Waals surface area contributed by atoms with Gasteiger partial charge in [-0.05, 0) is 49.8 Å². The quantitative estimate of drug-likeness (QED) is 0.363. The number of carbonyl (C=O) groups excluding carboxylic acids is 3. The monoisotopic (exact) mass is 464 g/mol. The molecule has 2 N–H and O–H groups in total. The lowest BCUT2D eigenvalue weighted by atomic mass is 9.76. The van der Waals surface area contributed by atoms with Crippen LogP contribution in [0.15, 0.2) is 42.5 Å². The van der Waals surface area contributed by atoms with E-state index < -0.39 is 10.8 Å². The van der Waals surface area contributed by atoms with Crippen LogP contribution in [0.25, 0.3) is 0 Å². The minimum atomic E-state index is -0.557. The molecule has 4 rings (SSSR count). The van der Waals surface area contributed by atoms with Crippen molar-refractivity contribution in [3.63, 3.8) is 0 Å². The maximum absolute atomic E-state index is 13.0. The number of para-hydroxylation sites is 1. The van der Waals surface area contributed by atoms with E-state index in [4.69, 9.17) is 0 Å². The maximum Gasteiger partial charge on any atom is 0.270 e. The number of anilines is 2. The summed E-state index contributed by atoms with van der Waals surface area (Å²) < 4.78 is 0. The minimum Gasteiger partial charge on any atom is -0.383 e.